The lowest BCUT2D eigenvalue weighted by Gasteiger charge is -1.99. The number of anilines is 2. The number of nitrogens with two attached hydrogens (primary N) is 2. The number of aromatic nitrogens is 2. The second-order valence-corrected chi connectivity index (χ2v) is 3.90. The Morgan fingerprint density at radius 1 is 1.27 bits per heavy atom. The molecule has 0 saturated heterocycles. The highest BCUT2D eigenvalue weighted by atomic mass is 32.1. The van der Waals surface area contributed by atoms with Gasteiger partial charge in [-0.15, -0.1) is 11.3 Å². The van der Waals surface area contributed by atoms with Crippen LogP contribution in [0.15, 0.2) is 18.2 Å². The van der Waals surface area contributed by atoms with Crippen molar-refractivity contribution in [1.82, 2.24) is 9.97 Å². The molecule has 4 N–H and O–H groups in total. The Morgan fingerprint density at radius 3 is 2.67 bits per heavy atom. The lowest BCUT2D eigenvalue weighted by Crippen LogP contribution is -1.99. The van der Waals surface area contributed by atoms with Gasteiger partial charge in [0.1, 0.15) is 16.8 Å². The van der Waals surface area contributed by atoms with Crippen LogP contribution in [0.25, 0.3) is 10.6 Å². The zero-order valence-electron chi connectivity index (χ0n) is 7.64. The number of thiophene rings is 1. The first-order valence-corrected chi connectivity index (χ1v) is 4.91. The molecule has 74 valence electrons. The van der Waals surface area contributed by atoms with Gasteiger partial charge in [-0.1, -0.05) is 0 Å². The Morgan fingerprint density at radius 2 is 2.07 bits per heavy atom. The second kappa shape index (κ2) is 3.55. The van der Waals surface area contributed by atoms with E-state index in [0.717, 1.165) is 4.88 Å². The van der Waals surface area contributed by atoms with E-state index in [9.17, 15) is 0 Å². The normalized spacial score (nSPS) is 9.80. The summed E-state index contributed by atoms with van der Waals surface area (Å²) in [4.78, 5) is 9.29. The molecule has 0 aliphatic heterocycles. The van der Waals surface area contributed by atoms with Crippen molar-refractivity contribution in [3.8, 4) is 16.6 Å². The summed E-state index contributed by atoms with van der Waals surface area (Å²) >= 11 is 1.34. The fourth-order valence-corrected chi connectivity index (χ4v) is 1.91. The van der Waals surface area contributed by atoms with Crippen LogP contribution in [0.2, 0.25) is 0 Å². The second-order valence-electron chi connectivity index (χ2n) is 2.81. The smallest absolute Gasteiger partial charge is 0.222 e. The van der Waals surface area contributed by atoms with Crippen LogP contribution in [0.4, 0.5) is 11.8 Å². The monoisotopic (exact) mass is 217 g/mol. The molecule has 2 rings (SSSR count). The molecule has 0 saturated carbocycles. The minimum atomic E-state index is 0.136. The minimum Gasteiger partial charge on any atom is -0.384 e. The molecule has 5 nitrogen and oxygen atoms in total. The lowest BCUT2D eigenvalue weighted by molar-refractivity contribution is 1.20. The molecule has 0 amide bonds. The van der Waals surface area contributed by atoms with Crippen LogP contribution in [0.5, 0.6) is 0 Å². The molecule has 0 fully saturated rings. The van der Waals surface area contributed by atoms with Gasteiger partial charge < -0.3 is 11.5 Å². The molecular weight excluding hydrogens is 210 g/mol. The van der Waals surface area contributed by atoms with Crippen LogP contribution < -0.4 is 11.5 Å². The van der Waals surface area contributed by atoms with Crippen molar-refractivity contribution in [2.24, 2.45) is 0 Å². The van der Waals surface area contributed by atoms with E-state index >= 15 is 0 Å². The van der Waals surface area contributed by atoms with Crippen molar-refractivity contribution >= 4 is 23.1 Å². The zero-order chi connectivity index (χ0) is 10.8. The average Bonchev–Trinajstić information content (AvgIpc) is 2.64. The first kappa shape index (κ1) is 9.43. The van der Waals surface area contributed by atoms with Crippen molar-refractivity contribution in [3.05, 3.63) is 23.1 Å². The Kier molecular flexibility index (Phi) is 2.23. The van der Waals surface area contributed by atoms with Crippen molar-refractivity contribution in [2.75, 3.05) is 11.5 Å². The third-order valence-electron chi connectivity index (χ3n) is 1.73. The molecule has 2 aromatic heterocycles. The van der Waals surface area contributed by atoms with E-state index in [4.69, 9.17) is 16.7 Å². The lowest BCUT2D eigenvalue weighted by atomic mass is 10.3. The van der Waals surface area contributed by atoms with Crippen molar-refractivity contribution in [1.29, 1.82) is 5.26 Å². The van der Waals surface area contributed by atoms with E-state index in [0.29, 0.717) is 16.4 Å². The Balaban J connectivity index is 2.50. The molecule has 6 heteroatoms. The molecule has 0 aliphatic rings. The predicted octanol–water partition coefficient (Wildman–Crippen LogP) is 1.24. The topological polar surface area (TPSA) is 102 Å². The Labute approximate surface area is 90.0 Å². The van der Waals surface area contributed by atoms with Crippen LogP contribution in [0, 0.1) is 11.3 Å². The molecule has 0 unspecified atom stereocenters. The van der Waals surface area contributed by atoms with E-state index in [1.165, 1.54) is 11.3 Å². The molecule has 0 aliphatic carbocycles. The van der Waals surface area contributed by atoms with Gasteiger partial charge in [0.2, 0.25) is 5.95 Å². The van der Waals surface area contributed by atoms with E-state index in [-0.39, 0.29) is 5.95 Å². The maximum absolute atomic E-state index is 8.69. The molecular formula is C9H7N5S. The van der Waals surface area contributed by atoms with Crippen LogP contribution in [-0.4, -0.2) is 9.97 Å². The Hall–Kier alpha value is -2.13. The van der Waals surface area contributed by atoms with Crippen LogP contribution >= 0.6 is 11.3 Å². The van der Waals surface area contributed by atoms with Gasteiger partial charge in [0, 0.05) is 6.07 Å². The molecule has 0 spiro atoms. The number of nitriles is 1. The summed E-state index contributed by atoms with van der Waals surface area (Å²) in [5, 5.41) is 8.69. The van der Waals surface area contributed by atoms with E-state index in [1.54, 1.807) is 12.1 Å². The predicted molar refractivity (Wildman–Crippen MR) is 58.9 cm³/mol. The van der Waals surface area contributed by atoms with Gasteiger partial charge in [-0.2, -0.15) is 10.2 Å². The maximum Gasteiger partial charge on any atom is 0.222 e. The quantitative estimate of drug-likeness (QED) is 0.748. The highest BCUT2D eigenvalue weighted by molar-refractivity contribution is 7.15. The summed E-state index contributed by atoms with van der Waals surface area (Å²) in [5.41, 5.74) is 11.7. The highest BCUT2D eigenvalue weighted by Crippen LogP contribution is 2.27. The van der Waals surface area contributed by atoms with E-state index in [2.05, 4.69) is 16.0 Å². The average molecular weight is 217 g/mol. The maximum atomic E-state index is 8.69. The van der Waals surface area contributed by atoms with Gasteiger partial charge in [0.15, 0.2) is 0 Å². The van der Waals surface area contributed by atoms with Gasteiger partial charge in [0.05, 0.1) is 10.6 Å². The third kappa shape index (κ3) is 1.87. The molecule has 0 aromatic carbocycles. The van der Waals surface area contributed by atoms with Gasteiger partial charge in [-0.25, -0.2) is 4.98 Å². The van der Waals surface area contributed by atoms with Crippen molar-refractivity contribution in [2.45, 2.75) is 0 Å². The number of nitrogens with zero attached hydrogens (tertiary/aromatic N) is 3. The van der Waals surface area contributed by atoms with E-state index in [1.807, 2.05) is 6.07 Å². The number of rotatable bonds is 1. The summed E-state index contributed by atoms with van der Waals surface area (Å²) in [6.07, 6.45) is 0. The van der Waals surface area contributed by atoms with Crippen LogP contribution in [0.1, 0.15) is 4.88 Å². The van der Waals surface area contributed by atoms with Gasteiger partial charge in [-0.05, 0) is 12.1 Å². The third-order valence-corrected chi connectivity index (χ3v) is 2.74. The van der Waals surface area contributed by atoms with Crippen molar-refractivity contribution < 1.29 is 0 Å². The Bertz CT molecular complexity index is 519. The highest BCUT2D eigenvalue weighted by Gasteiger charge is 2.06. The SMILES string of the molecule is N#Cc1ccc(-c2cc(N)nc(N)n2)s1. The molecule has 15 heavy (non-hydrogen) atoms. The summed E-state index contributed by atoms with van der Waals surface area (Å²) in [6.45, 7) is 0. The fourth-order valence-electron chi connectivity index (χ4n) is 1.15. The number of hydrogen-bond donors (Lipinski definition) is 2. The van der Waals surface area contributed by atoms with E-state index < -0.39 is 0 Å². The van der Waals surface area contributed by atoms with Gasteiger partial charge in [-0.3, -0.25) is 0 Å². The number of hydrogen-bond acceptors (Lipinski definition) is 6. The molecule has 2 aromatic rings. The largest absolute Gasteiger partial charge is 0.384 e. The van der Waals surface area contributed by atoms with Gasteiger partial charge in [0.25, 0.3) is 0 Å². The summed E-state index contributed by atoms with van der Waals surface area (Å²) in [5.74, 6) is 0.460. The number of nitrogen functional groups attached to an aromatic ring is 2. The van der Waals surface area contributed by atoms with Gasteiger partial charge >= 0.3 is 0 Å². The summed E-state index contributed by atoms with van der Waals surface area (Å²) < 4.78 is 0. The molecule has 2 heterocycles. The van der Waals surface area contributed by atoms with Crippen LogP contribution in [0.3, 0.4) is 0 Å². The molecule has 0 bridgehead atoms. The molecule has 0 radical (unpaired) electrons. The first-order chi connectivity index (χ1) is 7.19. The zero-order valence-corrected chi connectivity index (χ0v) is 8.45. The summed E-state index contributed by atoms with van der Waals surface area (Å²) in [6, 6.07) is 7.23. The summed E-state index contributed by atoms with van der Waals surface area (Å²) in [7, 11) is 0. The first-order valence-electron chi connectivity index (χ1n) is 4.09. The van der Waals surface area contributed by atoms with Crippen LogP contribution in [-0.2, 0) is 0 Å². The standard InChI is InChI=1S/C9H7N5S/c10-4-5-1-2-7(15-5)6-3-8(11)14-9(12)13-6/h1-3H,(H4,11,12,13,14). The minimum absolute atomic E-state index is 0.136. The molecule has 0 atom stereocenters. The fraction of sp³-hybridized carbons (Fsp3) is 0. The van der Waals surface area contributed by atoms with Crippen molar-refractivity contribution in [3.63, 3.8) is 0 Å².